The molecule has 0 aromatic carbocycles. The van der Waals surface area contributed by atoms with Gasteiger partial charge < -0.3 is 41.9 Å². The van der Waals surface area contributed by atoms with Gasteiger partial charge in [0, 0.05) is 46.4 Å². The first-order valence-electron chi connectivity index (χ1n) is 12.1. The second kappa shape index (κ2) is 10.6. The average Bonchev–Trinajstić information content (AvgIpc) is 2.69. The molecule has 4 atom stereocenters. The van der Waals surface area contributed by atoms with Crippen LogP contribution in [0.5, 0.6) is 0 Å². The zero-order valence-corrected chi connectivity index (χ0v) is 22.5. The molecule has 12 heteroatoms. The molecule has 0 aromatic heterocycles. The number of aliphatic hydroxyl groups is 4. The smallest absolute Gasteiger partial charge is 0.269 e. The topological polar surface area (TPSA) is 187 Å². The summed E-state index contributed by atoms with van der Waals surface area (Å²) in [6.07, 6.45) is -3.58. The first kappa shape index (κ1) is 30.0. The largest absolute Gasteiger partial charge is 0.387 e. The normalized spacial score (nSPS) is 25.2. The first-order chi connectivity index (χ1) is 16.2. The van der Waals surface area contributed by atoms with Crippen molar-refractivity contribution in [1.82, 2.24) is 32.3 Å². The van der Waals surface area contributed by atoms with Crippen LogP contribution in [0.15, 0.2) is 23.5 Å². The third-order valence-electron chi connectivity index (χ3n) is 5.88. The maximum Gasteiger partial charge on any atom is 0.269 e. The molecular formula is C24H44N6O6. The minimum atomic E-state index is -2.13. The molecule has 2 aliphatic heterocycles. The fourth-order valence-corrected chi connectivity index (χ4v) is 5.11. The molecule has 0 aromatic rings. The van der Waals surface area contributed by atoms with E-state index in [-0.39, 0.29) is 22.2 Å². The van der Waals surface area contributed by atoms with Crippen LogP contribution in [-0.2, 0) is 9.59 Å². The van der Waals surface area contributed by atoms with Crippen molar-refractivity contribution in [3.8, 4) is 0 Å². The van der Waals surface area contributed by atoms with Crippen molar-refractivity contribution in [3.63, 3.8) is 0 Å². The van der Waals surface area contributed by atoms with Gasteiger partial charge in [-0.3, -0.25) is 20.4 Å². The van der Waals surface area contributed by atoms with E-state index in [0.29, 0.717) is 24.2 Å². The van der Waals surface area contributed by atoms with Crippen LogP contribution in [0.4, 0.5) is 0 Å². The molecule has 0 saturated carbocycles. The number of nitrogens with one attached hydrogen (secondary N) is 6. The fraction of sp³-hybridized carbons (Fsp3) is 0.750. The summed E-state index contributed by atoms with van der Waals surface area (Å²) < 4.78 is 0. The van der Waals surface area contributed by atoms with Crippen molar-refractivity contribution >= 4 is 11.8 Å². The number of carbonyl (C=O) groups is 2. The second-order valence-electron chi connectivity index (χ2n) is 12.3. The lowest BCUT2D eigenvalue weighted by Gasteiger charge is -2.41. The quantitative estimate of drug-likeness (QED) is 0.164. The molecule has 10 N–H and O–H groups in total. The van der Waals surface area contributed by atoms with Gasteiger partial charge in [-0.15, -0.1) is 0 Å². The van der Waals surface area contributed by atoms with E-state index in [0.717, 1.165) is 0 Å². The molecule has 2 rings (SSSR count). The lowest BCUT2D eigenvalue weighted by molar-refractivity contribution is -0.156. The Bertz CT molecular complexity index is 826. The standard InChI is InChI=1S/C24H44N6O6/c1-21(2)9-13(10-22(3,4)29-21)25-27-19(35)17(33)15(31)16(32)18(34)20(36)28-26-14-11-23(5,6)30-24(7,8)12-14/h9,11,15-18,25-26,29-34H,10,12H2,1-8H3,(H,27,35)(H,28,36). The maximum atomic E-state index is 12.4. The highest BCUT2D eigenvalue weighted by atomic mass is 16.4. The highest BCUT2D eigenvalue weighted by molar-refractivity contribution is 5.83. The van der Waals surface area contributed by atoms with E-state index >= 15 is 0 Å². The minimum absolute atomic E-state index is 0.249. The molecule has 2 heterocycles. The highest BCUT2D eigenvalue weighted by Gasteiger charge is 2.39. The van der Waals surface area contributed by atoms with E-state index in [4.69, 9.17) is 0 Å². The summed E-state index contributed by atoms with van der Waals surface area (Å²) >= 11 is 0. The third-order valence-corrected chi connectivity index (χ3v) is 5.88. The van der Waals surface area contributed by atoms with Crippen molar-refractivity contribution in [2.45, 2.75) is 115 Å². The van der Waals surface area contributed by atoms with E-state index in [1.807, 2.05) is 67.5 Å². The van der Waals surface area contributed by atoms with Gasteiger partial charge in [-0.2, -0.15) is 0 Å². The van der Waals surface area contributed by atoms with Gasteiger partial charge in [0.1, 0.15) is 12.2 Å². The van der Waals surface area contributed by atoms with Crippen LogP contribution < -0.4 is 32.3 Å². The average molecular weight is 513 g/mol. The Morgan fingerprint density at radius 3 is 1.28 bits per heavy atom. The second-order valence-corrected chi connectivity index (χ2v) is 12.3. The molecule has 12 nitrogen and oxygen atoms in total. The summed E-state index contributed by atoms with van der Waals surface area (Å²) in [5.74, 6) is -2.07. The van der Waals surface area contributed by atoms with Gasteiger partial charge in [0.25, 0.3) is 11.8 Å². The Balaban J connectivity index is 1.90. The van der Waals surface area contributed by atoms with Crippen LogP contribution in [0.25, 0.3) is 0 Å². The fourth-order valence-electron chi connectivity index (χ4n) is 5.11. The van der Waals surface area contributed by atoms with Crippen molar-refractivity contribution < 1.29 is 30.0 Å². The molecule has 0 saturated heterocycles. The van der Waals surface area contributed by atoms with Gasteiger partial charge >= 0.3 is 0 Å². The molecule has 36 heavy (non-hydrogen) atoms. The number of hydrazine groups is 2. The molecule has 2 aliphatic rings. The van der Waals surface area contributed by atoms with Crippen LogP contribution in [0.1, 0.15) is 68.2 Å². The summed E-state index contributed by atoms with van der Waals surface area (Å²) in [6.45, 7) is 15.9. The van der Waals surface area contributed by atoms with Crippen LogP contribution in [0.3, 0.4) is 0 Å². The van der Waals surface area contributed by atoms with Gasteiger partial charge in [0.2, 0.25) is 0 Å². The van der Waals surface area contributed by atoms with Crippen molar-refractivity contribution in [2.75, 3.05) is 0 Å². The molecule has 0 spiro atoms. The van der Waals surface area contributed by atoms with E-state index < -0.39 is 36.2 Å². The molecule has 4 unspecified atom stereocenters. The van der Waals surface area contributed by atoms with E-state index in [9.17, 15) is 30.0 Å². The van der Waals surface area contributed by atoms with E-state index in [1.165, 1.54) is 0 Å². The molecule has 2 amide bonds. The van der Waals surface area contributed by atoms with Crippen LogP contribution >= 0.6 is 0 Å². The molecule has 0 fully saturated rings. The predicted molar refractivity (Wildman–Crippen MR) is 135 cm³/mol. The number of hydrogen-bond acceptors (Lipinski definition) is 10. The monoisotopic (exact) mass is 512 g/mol. The molecule has 0 bridgehead atoms. The number of amides is 2. The summed E-state index contributed by atoms with van der Waals surface area (Å²) in [5.41, 5.74) is 10.3. The van der Waals surface area contributed by atoms with Gasteiger partial charge in [0.15, 0.2) is 12.2 Å². The van der Waals surface area contributed by atoms with E-state index in [1.54, 1.807) is 0 Å². The number of rotatable bonds is 9. The zero-order chi connectivity index (χ0) is 27.7. The summed E-state index contributed by atoms with van der Waals surface area (Å²) in [6, 6.07) is 0. The third kappa shape index (κ3) is 8.43. The molecule has 0 aliphatic carbocycles. The Morgan fingerprint density at radius 2 is 1.00 bits per heavy atom. The SMILES string of the molecule is CC1(C)C=C(NNC(=O)C(O)C(O)C(O)C(O)C(=O)NNC2=CC(C)(C)NC(C)(C)C2)CC(C)(C)N1. The van der Waals surface area contributed by atoms with Crippen LogP contribution in [0, 0.1) is 0 Å². The van der Waals surface area contributed by atoms with Gasteiger partial charge in [-0.25, -0.2) is 0 Å². The molecular weight excluding hydrogens is 468 g/mol. The zero-order valence-electron chi connectivity index (χ0n) is 22.5. The van der Waals surface area contributed by atoms with Crippen molar-refractivity contribution in [1.29, 1.82) is 0 Å². The van der Waals surface area contributed by atoms with Gasteiger partial charge in [-0.1, -0.05) is 0 Å². The lowest BCUT2D eigenvalue weighted by atomic mass is 9.86. The Kier molecular flexibility index (Phi) is 8.87. The summed E-state index contributed by atoms with van der Waals surface area (Å²) in [7, 11) is 0. The summed E-state index contributed by atoms with van der Waals surface area (Å²) in [4.78, 5) is 24.7. The van der Waals surface area contributed by atoms with Crippen LogP contribution in [-0.4, -0.2) is 78.8 Å². The molecule has 206 valence electrons. The van der Waals surface area contributed by atoms with E-state index in [2.05, 4.69) is 32.3 Å². The maximum absolute atomic E-state index is 12.4. The Morgan fingerprint density at radius 1 is 0.694 bits per heavy atom. The number of hydrogen-bond donors (Lipinski definition) is 10. The van der Waals surface area contributed by atoms with Crippen LogP contribution in [0.2, 0.25) is 0 Å². The Hall–Kier alpha value is -2.22. The van der Waals surface area contributed by atoms with Crippen molar-refractivity contribution in [3.05, 3.63) is 23.5 Å². The minimum Gasteiger partial charge on any atom is -0.387 e. The van der Waals surface area contributed by atoms with Crippen molar-refractivity contribution in [2.24, 2.45) is 0 Å². The first-order valence-corrected chi connectivity index (χ1v) is 12.1. The number of carbonyl (C=O) groups excluding carboxylic acids is 2. The number of aliphatic hydroxyl groups excluding tert-OH is 4. The predicted octanol–water partition coefficient (Wildman–Crippen LogP) is -1.46. The molecule has 0 radical (unpaired) electrons. The summed E-state index contributed by atoms with van der Waals surface area (Å²) in [5, 5.41) is 47.8. The Labute approximate surface area is 212 Å². The van der Waals surface area contributed by atoms with Gasteiger partial charge in [0.05, 0.1) is 0 Å². The highest BCUT2D eigenvalue weighted by Crippen LogP contribution is 2.26. The lowest BCUT2D eigenvalue weighted by Crippen LogP contribution is -2.59. The van der Waals surface area contributed by atoms with Gasteiger partial charge in [-0.05, 0) is 67.5 Å².